The Morgan fingerprint density at radius 3 is 2.79 bits per heavy atom. The SMILES string of the molecule is C[n+]1c(C=NO)sc2ccccc21.[Cl-]. The fourth-order valence-electron chi connectivity index (χ4n) is 1.28. The number of para-hydroxylation sites is 1. The summed E-state index contributed by atoms with van der Waals surface area (Å²) in [5, 5.41) is 12.4. The topological polar surface area (TPSA) is 36.5 Å². The number of fused-ring (bicyclic) bond motifs is 1. The molecular weight excluding hydrogens is 220 g/mol. The molecule has 0 spiro atoms. The molecule has 0 atom stereocenters. The zero-order chi connectivity index (χ0) is 9.26. The van der Waals surface area contributed by atoms with Gasteiger partial charge in [0.2, 0.25) is 5.52 Å². The van der Waals surface area contributed by atoms with Crippen LogP contribution in [0.3, 0.4) is 0 Å². The molecule has 1 aromatic carbocycles. The van der Waals surface area contributed by atoms with Crippen LogP contribution in [0, 0.1) is 0 Å². The molecule has 0 radical (unpaired) electrons. The number of nitrogens with zero attached hydrogens (tertiary/aromatic N) is 2. The second kappa shape index (κ2) is 4.39. The third kappa shape index (κ3) is 1.71. The first kappa shape index (κ1) is 10.9. The minimum Gasteiger partial charge on any atom is -1.00 e. The third-order valence-corrected chi connectivity index (χ3v) is 3.09. The number of hydrogen-bond acceptors (Lipinski definition) is 3. The maximum absolute atomic E-state index is 8.43. The number of aromatic nitrogens is 1. The molecule has 2 rings (SSSR count). The molecule has 0 aliphatic carbocycles. The predicted molar refractivity (Wildman–Crippen MR) is 52.4 cm³/mol. The van der Waals surface area contributed by atoms with Gasteiger partial charge >= 0.3 is 0 Å². The number of hydrogen-bond donors (Lipinski definition) is 1. The monoisotopic (exact) mass is 228 g/mol. The first-order valence-electron chi connectivity index (χ1n) is 3.88. The molecule has 14 heavy (non-hydrogen) atoms. The van der Waals surface area contributed by atoms with Crippen molar-refractivity contribution < 1.29 is 22.2 Å². The van der Waals surface area contributed by atoms with Crippen molar-refractivity contribution in [3.05, 3.63) is 29.3 Å². The Balaban J connectivity index is 0.000000980. The Bertz CT molecular complexity index is 467. The summed E-state index contributed by atoms with van der Waals surface area (Å²) in [5.41, 5.74) is 1.16. The summed E-state index contributed by atoms with van der Waals surface area (Å²) < 4.78 is 3.19. The van der Waals surface area contributed by atoms with E-state index in [1.165, 1.54) is 10.9 Å². The van der Waals surface area contributed by atoms with Crippen molar-refractivity contribution in [2.24, 2.45) is 12.2 Å². The Labute approximate surface area is 91.7 Å². The van der Waals surface area contributed by atoms with Gasteiger partial charge in [-0.2, -0.15) is 4.57 Å². The Hall–Kier alpha value is -1.13. The maximum atomic E-state index is 8.43. The molecule has 0 unspecified atom stereocenters. The number of benzene rings is 1. The number of oxime groups is 1. The molecule has 74 valence electrons. The van der Waals surface area contributed by atoms with E-state index < -0.39 is 0 Å². The zero-order valence-electron chi connectivity index (χ0n) is 7.51. The smallest absolute Gasteiger partial charge is 0.284 e. The number of thiazole rings is 1. The van der Waals surface area contributed by atoms with Gasteiger partial charge in [-0.05, 0) is 6.07 Å². The van der Waals surface area contributed by atoms with Crippen LogP contribution in [0.5, 0.6) is 0 Å². The van der Waals surface area contributed by atoms with Crippen LogP contribution in [-0.2, 0) is 7.05 Å². The molecule has 0 aliphatic heterocycles. The van der Waals surface area contributed by atoms with Crippen LogP contribution in [0.2, 0.25) is 0 Å². The van der Waals surface area contributed by atoms with Gasteiger partial charge in [0, 0.05) is 6.07 Å². The van der Waals surface area contributed by atoms with Gasteiger partial charge in [-0.25, -0.2) is 0 Å². The van der Waals surface area contributed by atoms with Crippen molar-refractivity contribution in [3.63, 3.8) is 0 Å². The summed E-state index contributed by atoms with van der Waals surface area (Å²) in [6, 6.07) is 8.09. The van der Waals surface area contributed by atoms with Crippen LogP contribution >= 0.6 is 11.3 Å². The Morgan fingerprint density at radius 2 is 2.14 bits per heavy atom. The van der Waals surface area contributed by atoms with E-state index in [1.807, 2.05) is 29.8 Å². The van der Waals surface area contributed by atoms with Crippen molar-refractivity contribution in [2.45, 2.75) is 0 Å². The molecule has 0 fully saturated rings. The molecule has 0 aliphatic rings. The average molecular weight is 229 g/mol. The highest BCUT2D eigenvalue weighted by molar-refractivity contribution is 7.19. The minimum absolute atomic E-state index is 0. The highest BCUT2D eigenvalue weighted by atomic mass is 35.5. The molecule has 1 aromatic heterocycles. The second-order valence-corrected chi connectivity index (χ2v) is 3.77. The summed E-state index contributed by atoms with van der Waals surface area (Å²) in [6.45, 7) is 0. The van der Waals surface area contributed by atoms with Crippen molar-refractivity contribution in [3.8, 4) is 0 Å². The van der Waals surface area contributed by atoms with Crippen LogP contribution < -0.4 is 17.0 Å². The lowest BCUT2D eigenvalue weighted by atomic mass is 10.3. The number of halogens is 1. The van der Waals surface area contributed by atoms with Crippen LogP contribution in [0.15, 0.2) is 29.4 Å². The zero-order valence-corrected chi connectivity index (χ0v) is 9.09. The van der Waals surface area contributed by atoms with Crippen LogP contribution in [-0.4, -0.2) is 11.4 Å². The van der Waals surface area contributed by atoms with Gasteiger partial charge in [0.05, 0.1) is 0 Å². The number of rotatable bonds is 1. The lowest BCUT2D eigenvalue weighted by molar-refractivity contribution is -0.641. The molecule has 5 heteroatoms. The Morgan fingerprint density at radius 1 is 1.43 bits per heavy atom. The van der Waals surface area contributed by atoms with Crippen molar-refractivity contribution in [2.75, 3.05) is 0 Å². The van der Waals surface area contributed by atoms with E-state index in [-0.39, 0.29) is 12.4 Å². The number of aryl methyl sites for hydroxylation is 1. The van der Waals surface area contributed by atoms with Crippen LogP contribution in [0.1, 0.15) is 5.01 Å². The van der Waals surface area contributed by atoms with E-state index in [0.717, 1.165) is 10.5 Å². The molecule has 1 heterocycles. The maximum Gasteiger partial charge on any atom is 0.284 e. The summed E-state index contributed by atoms with van der Waals surface area (Å²) in [7, 11) is 1.95. The lowest BCUT2D eigenvalue weighted by Crippen LogP contribution is -3.00. The summed E-state index contributed by atoms with van der Waals surface area (Å²) in [4.78, 5) is 0. The van der Waals surface area contributed by atoms with Gasteiger partial charge in [0.15, 0.2) is 0 Å². The van der Waals surface area contributed by atoms with Gasteiger partial charge in [-0.1, -0.05) is 28.6 Å². The van der Waals surface area contributed by atoms with E-state index in [9.17, 15) is 0 Å². The average Bonchev–Trinajstić information content (AvgIpc) is 2.46. The van der Waals surface area contributed by atoms with Gasteiger partial charge in [0.1, 0.15) is 18.0 Å². The molecule has 0 saturated heterocycles. The van der Waals surface area contributed by atoms with E-state index >= 15 is 0 Å². The largest absolute Gasteiger partial charge is 1.00 e. The van der Waals surface area contributed by atoms with Crippen molar-refractivity contribution in [1.29, 1.82) is 0 Å². The normalized spacial score (nSPS) is 10.6. The standard InChI is InChI=1S/C9H8N2OS.ClH/c1-11-7-4-2-3-5-8(7)13-9(11)6-10-12;/h2-6H,1H3;1H. The van der Waals surface area contributed by atoms with Crippen molar-refractivity contribution in [1.82, 2.24) is 0 Å². The Kier molecular flexibility index (Phi) is 3.43. The quantitative estimate of drug-likeness (QED) is 0.275. The van der Waals surface area contributed by atoms with E-state index in [4.69, 9.17) is 5.21 Å². The molecule has 0 bridgehead atoms. The fourth-order valence-corrected chi connectivity index (χ4v) is 2.30. The predicted octanol–water partition coefficient (Wildman–Crippen LogP) is -1.46. The van der Waals surface area contributed by atoms with Gasteiger partial charge in [0.25, 0.3) is 5.01 Å². The van der Waals surface area contributed by atoms with Crippen LogP contribution in [0.25, 0.3) is 10.2 Å². The first-order chi connectivity index (χ1) is 6.33. The highest BCUT2D eigenvalue weighted by Gasteiger charge is 2.13. The molecule has 0 saturated carbocycles. The summed E-state index contributed by atoms with van der Waals surface area (Å²) in [5.74, 6) is 0. The third-order valence-electron chi connectivity index (χ3n) is 1.94. The molecule has 0 amide bonds. The van der Waals surface area contributed by atoms with E-state index in [0.29, 0.717) is 0 Å². The first-order valence-corrected chi connectivity index (χ1v) is 4.69. The lowest BCUT2D eigenvalue weighted by Gasteiger charge is -1.83. The molecule has 3 nitrogen and oxygen atoms in total. The van der Waals surface area contributed by atoms with Gasteiger partial charge in [-0.15, -0.1) is 0 Å². The summed E-state index contributed by atoms with van der Waals surface area (Å²) >= 11 is 1.60. The van der Waals surface area contributed by atoms with Crippen molar-refractivity contribution >= 4 is 27.8 Å². The van der Waals surface area contributed by atoms with Gasteiger partial charge in [-0.3, -0.25) is 0 Å². The second-order valence-electron chi connectivity index (χ2n) is 2.71. The van der Waals surface area contributed by atoms with Gasteiger partial charge < -0.3 is 17.6 Å². The molecular formula is C9H9ClN2OS. The minimum atomic E-state index is 0. The van der Waals surface area contributed by atoms with E-state index in [2.05, 4.69) is 11.2 Å². The van der Waals surface area contributed by atoms with E-state index in [1.54, 1.807) is 11.3 Å². The highest BCUT2D eigenvalue weighted by Crippen LogP contribution is 2.17. The summed E-state index contributed by atoms with van der Waals surface area (Å²) in [6.07, 6.45) is 1.45. The molecule has 1 N–H and O–H groups in total. The van der Waals surface area contributed by atoms with Crippen LogP contribution in [0.4, 0.5) is 0 Å². The fraction of sp³-hybridized carbons (Fsp3) is 0.111. The molecule has 2 aromatic rings.